The lowest BCUT2D eigenvalue weighted by Gasteiger charge is -2.18. The van der Waals surface area contributed by atoms with Gasteiger partial charge >= 0.3 is 0 Å². The van der Waals surface area contributed by atoms with E-state index in [1.165, 1.54) is 5.57 Å². The molecule has 0 spiro atoms. The third-order valence-electron chi connectivity index (χ3n) is 2.50. The molecule has 1 aliphatic heterocycles. The fourth-order valence-corrected chi connectivity index (χ4v) is 1.97. The van der Waals surface area contributed by atoms with Gasteiger partial charge in [-0.25, -0.2) is 0 Å². The minimum atomic E-state index is 0.293. The molecule has 2 N–H and O–H groups in total. The monoisotopic (exact) mass is 182 g/mol. The second-order valence-corrected chi connectivity index (χ2v) is 3.63. The van der Waals surface area contributed by atoms with Gasteiger partial charge in [0.15, 0.2) is 0 Å². The first kappa shape index (κ1) is 7.87. The Balaban J connectivity index is 2.40. The number of fused-ring (bicyclic) bond motifs is 1. The quantitative estimate of drug-likeness (QED) is 0.610. The van der Waals surface area contributed by atoms with E-state index in [2.05, 4.69) is 11.1 Å². The van der Waals surface area contributed by atoms with E-state index in [0.29, 0.717) is 12.5 Å². The Hall–Kier alpha value is -0.760. The number of hydrogen-bond donors (Lipinski definition) is 1. The van der Waals surface area contributed by atoms with Crippen molar-refractivity contribution in [3.05, 3.63) is 22.3 Å². The summed E-state index contributed by atoms with van der Waals surface area (Å²) in [6.45, 7) is 2.72. The molecule has 0 aromatic rings. The Morgan fingerprint density at radius 3 is 3.17 bits per heavy atom. The lowest BCUT2D eigenvalue weighted by Crippen LogP contribution is -2.22. The first-order valence-corrected chi connectivity index (χ1v) is 4.43. The van der Waals surface area contributed by atoms with Crippen molar-refractivity contribution >= 4 is 17.4 Å². The Labute approximate surface area is 76.8 Å². The van der Waals surface area contributed by atoms with Gasteiger partial charge in [0.1, 0.15) is 5.84 Å². The highest BCUT2D eigenvalue weighted by atomic mass is 35.5. The van der Waals surface area contributed by atoms with Crippen LogP contribution in [0.4, 0.5) is 0 Å². The molecule has 1 atom stereocenters. The minimum Gasteiger partial charge on any atom is -0.387 e. The zero-order chi connectivity index (χ0) is 8.72. The molecule has 1 aliphatic carbocycles. The van der Waals surface area contributed by atoms with Crippen LogP contribution >= 0.6 is 11.6 Å². The van der Waals surface area contributed by atoms with Crippen molar-refractivity contribution in [3.63, 3.8) is 0 Å². The van der Waals surface area contributed by atoms with E-state index in [-0.39, 0.29) is 0 Å². The van der Waals surface area contributed by atoms with Gasteiger partial charge in [-0.05, 0) is 24.5 Å². The lowest BCUT2D eigenvalue weighted by atomic mass is 9.90. The van der Waals surface area contributed by atoms with Crippen LogP contribution in [0.1, 0.15) is 13.3 Å². The summed E-state index contributed by atoms with van der Waals surface area (Å²) >= 11 is 6.12. The highest BCUT2D eigenvalue weighted by molar-refractivity contribution is 6.32. The lowest BCUT2D eigenvalue weighted by molar-refractivity contribution is 0.808. The van der Waals surface area contributed by atoms with Gasteiger partial charge in [-0.3, -0.25) is 4.99 Å². The first-order valence-electron chi connectivity index (χ1n) is 4.05. The standard InChI is InChI=1S/C9H11ClN2/c1-5-2-3-6-7(8(5)10)4-12-9(6)11/h2,6H,3-4H2,1H3,(H2,11,12)/t6-/m1/s1. The van der Waals surface area contributed by atoms with E-state index in [9.17, 15) is 0 Å². The highest BCUT2D eigenvalue weighted by Crippen LogP contribution is 2.35. The summed E-state index contributed by atoms with van der Waals surface area (Å²) in [5.74, 6) is 1.04. The molecule has 0 unspecified atom stereocenters. The number of rotatable bonds is 0. The Morgan fingerprint density at radius 1 is 1.67 bits per heavy atom. The molecule has 0 aromatic carbocycles. The number of halogens is 1. The molecule has 1 heterocycles. The van der Waals surface area contributed by atoms with Crippen molar-refractivity contribution in [1.82, 2.24) is 0 Å². The average Bonchev–Trinajstić information content (AvgIpc) is 2.41. The zero-order valence-electron chi connectivity index (χ0n) is 6.97. The molecule has 2 nitrogen and oxygen atoms in total. The second kappa shape index (κ2) is 2.63. The molecular formula is C9H11ClN2. The number of aliphatic imine (C=N–C) groups is 1. The summed E-state index contributed by atoms with van der Waals surface area (Å²) < 4.78 is 0. The molecule has 0 radical (unpaired) electrons. The van der Waals surface area contributed by atoms with Crippen molar-refractivity contribution in [2.75, 3.05) is 6.54 Å². The van der Waals surface area contributed by atoms with E-state index >= 15 is 0 Å². The largest absolute Gasteiger partial charge is 0.387 e. The molecule has 12 heavy (non-hydrogen) atoms. The number of nitrogens with zero attached hydrogens (tertiary/aromatic N) is 1. The number of nitrogens with two attached hydrogens (primary N) is 1. The van der Waals surface area contributed by atoms with Crippen LogP contribution < -0.4 is 5.73 Å². The van der Waals surface area contributed by atoms with Crippen LogP contribution in [-0.2, 0) is 0 Å². The van der Waals surface area contributed by atoms with Gasteiger partial charge in [-0.15, -0.1) is 0 Å². The van der Waals surface area contributed by atoms with Gasteiger partial charge in [-0.1, -0.05) is 17.7 Å². The molecule has 0 saturated carbocycles. The average molecular weight is 183 g/mol. The summed E-state index contributed by atoms with van der Waals surface area (Å²) in [5, 5.41) is 0.871. The molecule has 3 heteroatoms. The highest BCUT2D eigenvalue weighted by Gasteiger charge is 2.28. The summed E-state index contributed by atoms with van der Waals surface area (Å²) in [5.41, 5.74) is 8.09. The predicted molar refractivity (Wildman–Crippen MR) is 51.2 cm³/mol. The van der Waals surface area contributed by atoms with Gasteiger partial charge in [0.25, 0.3) is 0 Å². The molecule has 0 saturated heterocycles. The summed E-state index contributed by atoms with van der Waals surface area (Å²) in [6.07, 6.45) is 3.09. The third-order valence-corrected chi connectivity index (χ3v) is 3.04. The number of amidine groups is 1. The Kier molecular flexibility index (Phi) is 1.72. The number of hydrogen-bond acceptors (Lipinski definition) is 2. The van der Waals surface area contributed by atoms with Gasteiger partial charge in [0.2, 0.25) is 0 Å². The fraction of sp³-hybridized carbons (Fsp3) is 0.444. The van der Waals surface area contributed by atoms with E-state index in [0.717, 1.165) is 22.9 Å². The summed E-state index contributed by atoms with van der Waals surface area (Å²) in [6, 6.07) is 0. The maximum absolute atomic E-state index is 6.12. The first-order chi connectivity index (χ1) is 5.70. The summed E-state index contributed by atoms with van der Waals surface area (Å²) in [4.78, 5) is 4.18. The summed E-state index contributed by atoms with van der Waals surface area (Å²) in [7, 11) is 0. The van der Waals surface area contributed by atoms with Crippen molar-refractivity contribution < 1.29 is 0 Å². The fourth-order valence-electron chi connectivity index (χ4n) is 1.70. The maximum Gasteiger partial charge on any atom is 0.102 e. The molecule has 0 aromatic heterocycles. The van der Waals surface area contributed by atoms with E-state index < -0.39 is 0 Å². The Bertz CT molecular complexity index is 312. The van der Waals surface area contributed by atoms with Crippen LogP contribution in [0.3, 0.4) is 0 Å². The molecule has 2 rings (SSSR count). The predicted octanol–water partition coefficient (Wildman–Crippen LogP) is 1.82. The molecule has 0 fully saturated rings. The molecule has 2 aliphatic rings. The number of allylic oxidation sites excluding steroid dienone is 3. The third kappa shape index (κ3) is 0.985. The van der Waals surface area contributed by atoms with Crippen LogP contribution in [0.2, 0.25) is 0 Å². The van der Waals surface area contributed by atoms with Gasteiger partial charge in [0.05, 0.1) is 6.54 Å². The molecule has 0 amide bonds. The van der Waals surface area contributed by atoms with Crippen LogP contribution in [0.5, 0.6) is 0 Å². The Morgan fingerprint density at radius 2 is 2.42 bits per heavy atom. The van der Waals surface area contributed by atoms with E-state index in [1.54, 1.807) is 0 Å². The second-order valence-electron chi connectivity index (χ2n) is 3.26. The van der Waals surface area contributed by atoms with E-state index in [1.807, 2.05) is 6.92 Å². The molecule has 64 valence electrons. The van der Waals surface area contributed by atoms with Crippen molar-refractivity contribution in [3.8, 4) is 0 Å². The normalized spacial score (nSPS) is 28.3. The molecular weight excluding hydrogens is 172 g/mol. The van der Waals surface area contributed by atoms with Crippen LogP contribution in [0.25, 0.3) is 0 Å². The van der Waals surface area contributed by atoms with Crippen molar-refractivity contribution in [2.45, 2.75) is 13.3 Å². The zero-order valence-corrected chi connectivity index (χ0v) is 7.73. The van der Waals surface area contributed by atoms with E-state index in [4.69, 9.17) is 17.3 Å². The van der Waals surface area contributed by atoms with Crippen LogP contribution in [0.15, 0.2) is 27.2 Å². The van der Waals surface area contributed by atoms with Gasteiger partial charge in [-0.2, -0.15) is 0 Å². The minimum absolute atomic E-state index is 0.293. The van der Waals surface area contributed by atoms with Crippen LogP contribution in [0, 0.1) is 5.92 Å². The molecule has 0 bridgehead atoms. The smallest absolute Gasteiger partial charge is 0.102 e. The van der Waals surface area contributed by atoms with Gasteiger partial charge in [0, 0.05) is 11.0 Å². The maximum atomic E-state index is 6.12. The van der Waals surface area contributed by atoms with Crippen molar-refractivity contribution in [1.29, 1.82) is 0 Å². The van der Waals surface area contributed by atoms with Crippen molar-refractivity contribution in [2.24, 2.45) is 16.6 Å². The van der Waals surface area contributed by atoms with Gasteiger partial charge < -0.3 is 5.73 Å². The van der Waals surface area contributed by atoms with Crippen LogP contribution in [-0.4, -0.2) is 12.4 Å². The topological polar surface area (TPSA) is 38.4 Å². The SMILES string of the molecule is CC1=CC[C@H]2C(N)=NCC2=C1Cl.